The zero-order valence-corrected chi connectivity index (χ0v) is 15.9. The smallest absolute Gasteiger partial charge is 0.306 e. The van der Waals surface area contributed by atoms with Crippen LogP contribution in [0.1, 0.15) is 17.2 Å². The van der Waals surface area contributed by atoms with Crippen LogP contribution in [0.2, 0.25) is 0 Å². The first kappa shape index (κ1) is 19.2. The Labute approximate surface area is 158 Å². The van der Waals surface area contributed by atoms with Crippen LogP contribution in [0.5, 0.6) is 11.5 Å². The third kappa shape index (κ3) is 5.21. The summed E-state index contributed by atoms with van der Waals surface area (Å²) in [5.41, 5.74) is 1.85. The van der Waals surface area contributed by atoms with Gasteiger partial charge >= 0.3 is 10.1 Å². The van der Waals surface area contributed by atoms with Crippen molar-refractivity contribution < 1.29 is 26.9 Å². The molecule has 0 radical (unpaired) electrons. The lowest BCUT2D eigenvalue weighted by molar-refractivity contribution is -0.150. The summed E-state index contributed by atoms with van der Waals surface area (Å²) >= 11 is 0. The summed E-state index contributed by atoms with van der Waals surface area (Å²) in [6, 6.07) is 14.2. The van der Waals surface area contributed by atoms with Gasteiger partial charge in [0.1, 0.15) is 24.2 Å². The van der Waals surface area contributed by atoms with Crippen molar-refractivity contribution in [2.45, 2.75) is 12.6 Å². The molecule has 1 aliphatic rings. The van der Waals surface area contributed by atoms with Gasteiger partial charge in [-0.3, -0.25) is 4.79 Å². The topological polar surface area (TPSA) is 82.1 Å². The molecule has 1 unspecified atom stereocenters. The molecule has 1 saturated heterocycles. The summed E-state index contributed by atoms with van der Waals surface area (Å²) < 4.78 is 38.0. The summed E-state index contributed by atoms with van der Waals surface area (Å²) in [6.07, 6.45) is 0.710. The van der Waals surface area contributed by atoms with Gasteiger partial charge in [-0.1, -0.05) is 24.3 Å². The fourth-order valence-corrected chi connectivity index (χ4v) is 3.30. The number of amides is 1. The maximum absolute atomic E-state index is 12.2. The Morgan fingerprint density at radius 3 is 2.30 bits per heavy atom. The monoisotopic (exact) mass is 391 g/mol. The van der Waals surface area contributed by atoms with Gasteiger partial charge in [0.25, 0.3) is 0 Å². The van der Waals surface area contributed by atoms with E-state index in [1.165, 1.54) is 0 Å². The van der Waals surface area contributed by atoms with Gasteiger partial charge < -0.3 is 18.6 Å². The van der Waals surface area contributed by atoms with Gasteiger partial charge in [-0.25, -0.2) is 0 Å². The molecule has 7 nitrogen and oxygen atoms in total. The molecule has 8 heteroatoms. The SMILES string of the molecule is COc1ccc(CN2CC(c3ccc(OS(C)(=O)=O)cc3)OCC2=O)cc1. The minimum Gasteiger partial charge on any atom is -0.497 e. The van der Waals surface area contributed by atoms with E-state index in [1.54, 1.807) is 36.3 Å². The van der Waals surface area contributed by atoms with E-state index in [2.05, 4.69) is 0 Å². The van der Waals surface area contributed by atoms with Crippen LogP contribution in [0, 0.1) is 0 Å². The van der Waals surface area contributed by atoms with Gasteiger partial charge in [0.2, 0.25) is 5.91 Å². The Hall–Kier alpha value is -2.58. The number of hydrogen-bond donors (Lipinski definition) is 0. The van der Waals surface area contributed by atoms with Crippen molar-refractivity contribution >= 4 is 16.0 Å². The van der Waals surface area contributed by atoms with E-state index in [0.29, 0.717) is 13.1 Å². The quantitative estimate of drug-likeness (QED) is 0.702. The number of methoxy groups -OCH3 is 1. The summed E-state index contributed by atoms with van der Waals surface area (Å²) in [6.45, 7) is 0.900. The third-order valence-electron chi connectivity index (χ3n) is 4.18. The summed E-state index contributed by atoms with van der Waals surface area (Å²) in [5, 5.41) is 0. The number of morpholine rings is 1. The number of benzene rings is 2. The molecular weight excluding hydrogens is 370 g/mol. The molecule has 1 fully saturated rings. The van der Waals surface area contributed by atoms with Crippen LogP contribution < -0.4 is 8.92 Å². The molecule has 0 bridgehead atoms. The van der Waals surface area contributed by atoms with Crippen LogP contribution in [0.15, 0.2) is 48.5 Å². The van der Waals surface area contributed by atoms with Crippen LogP contribution in [0.3, 0.4) is 0 Å². The largest absolute Gasteiger partial charge is 0.497 e. The predicted octanol–water partition coefficient (Wildman–Crippen LogP) is 2.13. The lowest BCUT2D eigenvalue weighted by Crippen LogP contribution is -2.42. The maximum Gasteiger partial charge on any atom is 0.306 e. The average molecular weight is 391 g/mol. The van der Waals surface area contributed by atoms with E-state index in [0.717, 1.165) is 23.1 Å². The van der Waals surface area contributed by atoms with E-state index in [9.17, 15) is 13.2 Å². The Bertz CT molecular complexity index is 893. The minimum absolute atomic E-state index is 0.00239. The van der Waals surface area contributed by atoms with Gasteiger partial charge in [0.15, 0.2) is 0 Å². The second kappa shape index (κ2) is 7.98. The molecule has 27 heavy (non-hydrogen) atoms. The van der Waals surface area contributed by atoms with Gasteiger partial charge in [0.05, 0.1) is 19.9 Å². The lowest BCUT2D eigenvalue weighted by Gasteiger charge is -2.33. The van der Waals surface area contributed by atoms with E-state index in [1.807, 2.05) is 24.3 Å². The summed E-state index contributed by atoms with van der Waals surface area (Å²) in [7, 11) is -1.96. The molecular formula is C19H21NO6S. The molecule has 2 aromatic rings. The second-order valence-electron chi connectivity index (χ2n) is 6.28. The number of ether oxygens (including phenoxy) is 2. The van der Waals surface area contributed by atoms with Gasteiger partial charge in [-0.05, 0) is 35.4 Å². The molecule has 0 N–H and O–H groups in total. The zero-order chi connectivity index (χ0) is 19.4. The number of nitrogens with zero attached hydrogens (tertiary/aromatic N) is 1. The van der Waals surface area contributed by atoms with Crippen LogP contribution in [0.4, 0.5) is 0 Å². The highest BCUT2D eigenvalue weighted by molar-refractivity contribution is 7.86. The Morgan fingerprint density at radius 1 is 1.07 bits per heavy atom. The Kier molecular flexibility index (Phi) is 5.67. The molecule has 1 atom stereocenters. The van der Waals surface area contributed by atoms with Crippen LogP contribution in [0.25, 0.3) is 0 Å². The summed E-state index contributed by atoms with van der Waals surface area (Å²) in [4.78, 5) is 13.9. The van der Waals surface area contributed by atoms with Crippen LogP contribution in [-0.4, -0.2) is 45.7 Å². The molecule has 144 valence electrons. The van der Waals surface area contributed by atoms with Crippen molar-refractivity contribution in [3.63, 3.8) is 0 Å². The fourth-order valence-electron chi connectivity index (χ4n) is 2.84. The highest BCUT2D eigenvalue weighted by Crippen LogP contribution is 2.26. The lowest BCUT2D eigenvalue weighted by atomic mass is 10.1. The second-order valence-corrected chi connectivity index (χ2v) is 7.85. The first-order chi connectivity index (χ1) is 12.8. The first-order valence-corrected chi connectivity index (χ1v) is 10.2. The highest BCUT2D eigenvalue weighted by Gasteiger charge is 2.27. The van der Waals surface area contributed by atoms with E-state index in [4.69, 9.17) is 13.7 Å². The molecule has 1 amide bonds. The van der Waals surface area contributed by atoms with Crippen molar-refractivity contribution in [3.8, 4) is 11.5 Å². The molecule has 2 aromatic carbocycles. The Morgan fingerprint density at radius 2 is 1.70 bits per heavy atom. The molecule has 0 saturated carbocycles. The molecule has 1 aliphatic heterocycles. The summed E-state index contributed by atoms with van der Waals surface area (Å²) in [5.74, 6) is 0.934. The van der Waals surface area contributed by atoms with Crippen molar-refractivity contribution in [2.24, 2.45) is 0 Å². The van der Waals surface area contributed by atoms with Crippen molar-refractivity contribution in [1.29, 1.82) is 0 Å². The standard InChI is InChI=1S/C19H21NO6S/c1-24-16-7-3-14(4-8-16)11-20-12-18(25-13-19(20)21)15-5-9-17(10-6-15)26-27(2,22)23/h3-10,18H,11-13H2,1-2H3. The molecule has 1 heterocycles. The van der Waals surface area contributed by atoms with E-state index < -0.39 is 10.1 Å². The average Bonchev–Trinajstić information content (AvgIpc) is 2.63. The Balaban J connectivity index is 1.67. The number of carbonyl (C=O) groups excluding carboxylic acids is 1. The highest BCUT2D eigenvalue weighted by atomic mass is 32.2. The number of carbonyl (C=O) groups is 1. The fraction of sp³-hybridized carbons (Fsp3) is 0.316. The van der Waals surface area contributed by atoms with E-state index in [-0.39, 0.29) is 24.4 Å². The maximum atomic E-state index is 12.2. The van der Waals surface area contributed by atoms with Gasteiger partial charge in [-0.15, -0.1) is 0 Å². The molecule has 0 spiro atoms. The van der Waals surface area contributed by atoms with Crippen molar-refractivity contribution in [3.05, 3.63) is 59.7 Å². The van der Waals surface area contributed by atoms with Crippen LogP contribution >= 0.6 is 0 Å². The normalized spacial score (nSPS) is 17.6. The molecule has 3 rings (SSSR count). The van der Waals surface area contributed by atoms with Crippen molar-refractivity contribution in [1.82, 2.24) is 4.90 Å². The van der Waals surface area contributed by atoms with Gasteiger partial charge in [-0.2, -0.15) is 8.42 Å². The van der Waals surface area contributed by atoms with Crippen LogP contribution in [-0.2, 0) is 26.2 Å². The van der Waals surface area contributed by atoms with Crippen molar-refractivity contribution in [2.75, 3.05) is 26.5 Å². The minimum atomic E-state index is -3.56. The predicted molar refractivity (Wildman–Crippen MR) is 99.0 cm³/mol. The number of rotatable bonds is 6. The number of hydrogen-bond acceptors (Lipinski definition) is 6. The third-order valence-corrected chi connectivity index (χ3v) is 4.67. The zero-order valence-electron chi connectivity index (χ0n) is 15.1. The molecule has 0 aliphatic carbocycles. The first-order valence-electron chi connectivity index (χ1n) is 8.36. The van der Waals surface area contributed by atoms with Gasteiger partial charge in [0, 0.05) is 6.54 Å². The van der Waals surface area contributed by atoms with E-state index >= 15 is 0 Å². The molecule has 0 aromatic heterocycles.